The summed E-state index contributed by atoms with van der Waals surface area (Å²) < 4.78 is 1.96. The third-order valence-electron chi connectivity index (χ3n) is 3.46. The van der Waals surface area contributed by atoms with Gasteiger partial charge in [0, 0.05) is 24.2 Å². The van der Waals surface area contributed by atoms with E-state index in [0.29, 0.717) is 12.1 Å². The second-order valence-corrected chi connectivity index (χ2v) is 5.32. The Balaban J connectivity index is 2.23. The topological polar surface area (TPSA) is 73.0 Å². The number of aryl methyl sites for hydroxylation is 1. The Morgan fingerprint density at radius 2 is 2.00 bits per heavy atom. The van der Waals surface area contributed by atoms with Crippen LogP contribution in [0.1, 0.15) is 36.8 Å². The molecular weight excluding hydrogens is 268 g/mol. The fourth-order valence-corrected chi connectivity index (χ4v) is 2.44. The lowest BCUT2D eigenvalue weighted by Gasteiger charge is -2.10. The lowest BCUT2D eigenvalue weighted by atomic mass is 10.1. The van der Waals surface area contributed by atoms with Gasteiger partial charge in [-0.1, -0.05) is 18.2 Å². The maximum Gasteiger partial charge on any atom is 0.274 e. The first-order valence-electron chi connectivity index (χ1n) is 6.93. The zero-order valence-electron chi connectivity index (χ0n) is 12.8. The number of aromatic nitrogens is 2. The summed E-state index contributed by atoms with van der Waals surface area (Å²) >= 11 is 0. The smallest absolute Gasteiger partial charge is 0.274 e. The van der Waals surface area contributed by atoms with Gasteiger partial charge in [-0.05, 0) is 27.7 Å². The minimum atomic E-state index is -0.353. The summed E-state index contributed by atoms with van der Waals surface area (Å²) in [5.74, 6) is 0. The molecule has 0 unspecified atom stereocenters. The third-order valence-corrected chi connectivity index (χ3v) is 3.46. The van der Waals surface area contributed by atoms with Gasteiger partial charge in [0.2, 0.25) is 0 Å². The normalized spacial score (nSPS) is 10.9. The summed E-state index contributed by atoms with van der Waals surface area (Å²) in [5, 5.41) is 18.8. The van der Waals surface area contributed by atoms with Gasteiger partial charge >= 0.3 is 0 Å². The monoisotopic (exact) mass is 288 g/mol. The predicted octanol–water partition coefficient (Wildman–Crippen LogP) is 3.60. The Hall–Kier alpha value is -2.37. The van der Waals surface area contributed by atoms with Crippen LogP contribution < -0.4 is 5.32 Å². The Morgan fingerprint density at radius 3 is 2.57 bits per heavy atom. The van der Waals surface area contributed by atoms with Crippen molar-refractivity contribution in [3.8, 4) is 0 Å². The molecule has 0 fully saturated rings. The van der Waals surface area contributed by atoms with E-state index < -0.39 is 0 Å². The Bertz CT molecular complexity index is 662. The number of hydrogen-bond acceptors (Lipinski definition) is 4. The molecule has 0 saturated carbocycles. The van der Waals surface area contributed by atoms with E-state index >= 15 is 0 Å². The second-order valence-electron chi connectivity index (χ2n) is 5.32. The highest BCUT2D eigenvalue weighted by molar-refractivity contribution is 5.53. The van der Waals surface area contributed by atoms with Crippen LogP contribution >= 0.6 is 0 Å². The first kappa shape index (κ1) is 15.0. The summed E-state index contributed by atoms with van der Waals surface area (Å²) in [5.41, 5.74) is 3.69. The molecule has 0 amide bonds. The number of nitro groups is 1. The van der Waals surface area contributed by atoms with Crippen molar-refractivity contribution in [2.75, 3.05) is 5.32 Å². The highest BCUT2D eigenvalue weighted by Gasteiger charge is 2.16. The highest BCUT2D eigenvalue weighted by atomic mass is 16.6. The molecule has 0 aliphatic rings. The molecule has 2 aromatic rings. The second kappa shape index (κ2) is 5.95. The molecule has 1 aromatic heterocycles. The summed E-state index contributed by atoms with van der Waals surface area (Å²) in [6.45, 7) is 8.49. The molecule has 1 heterocycles. The zero-order valence-corrected chi connectivity index (χ0v) is 12.8. The number of anilines is 1. The van der Waals surface area contributed by atoms with Gasteiger partial charge in [0.25, 0.3) is 5.69 Å². The van der Waals surface area contributed by atoms with Crippen molar-refractivity contribution in [2.24, 2.45) is 0 Å². The van der Waals surface area contributed by atoms with Crippen LogP contribution in [0.25, 0.3) is 0 Å². The van der Waals surface area contributed by atoms with Crippen LogP contribution in [0.15, 0.2) is 24.3 Å². The minimum absolute atomic E-state index is 0.136. The average molecular weight is 288 g/mol. The zero-order chi connectivity index (χ0) is 15.6. The van der Waals surface area contributed by atoms with Crippen LogP contribution in [0.3, 0.4) is 0 Å². The fourth-order valence-electron chi connectivity index (χ4n) is 2.44. The first-order valence-corrected chi connectivity index (χ1v) is 6.93. The van der Waals surface area contributed by atoms with E-state index in [1.54, 1.807) is 18.2 Å². The lowest BCUT2D eigenvalue weighted by molar-refractivity contribution is -0.385. The lowest BCUT2D eigenvalue weighted by Crippen LogP contribution is -2.06. The van der Waals surface area contributed by atoms with Gasteiger partial charge in [-0.25, -0.2) is 0 Å². The summed E-state index contributed by atoms with van der Waals surface area (Å²) in [4.78, 5) is 10.7. The minimum Gasteiger partial charge on any atom is -0.378 e. The fraction of sp³-hybridized carbons (Fsp3) is 0.400. The number of rotatable bonds is 5. The largest absolute Gasteiger partial charge is 0.378 e. The Labute approximate surface area is 123 Å². The number of para-hydroxylation sites is 1. The van der Waals surface area contributed by atoms with Gasteiger partial charge in [-0.15, -0.1) is 0 Å². The van der Waals surface area contributed by atoms with Crippen LogP contribution in [-0.4, -0.2) is 14.7 Å². The molecule has 0 bridgehead atoms. The van der Waals surface area contributed by atoms with E-state index in [1.165, 1.54) is 6.07 Å². The third kappa shape index (κ3) is 3.04. The molecule has 1 N–H and O–H groups in total. The van der Waals surface area contributed by atoms with Crippen LogP contribution in [0.4, 0.5) is 11.4 Å². The molecule has 6 heteroatoms. The van der Waals surface area contributed by atoms with Gasteiger partial charge in [0.05, 0.1) is 22.0 Å². The molecule has 0 radical (unpaired) electrons. The van der Waals surface area contributed by atoms with Crippen molar-refractivity contribution in [1.29, 1.82) is 0 Å². The van der Waals surface area contributed by atoms with E-state index in [0.717, 1.165) is 17.1 Å². The highest BCUT2D eigenvalue weighted by Crippen LogP contribution is 2.25. The van der Waals surface area contributed by atoms with Crippen LogP contribution in [0, 0.1) is 24.0 Å². The molecule has 1 aromatic carbocycles. The van der Waals surface area contributed by atoms with E-state index in [9.17, 15) is 10.1 Å². The molecule has 0 atom stereocenters. The van der Waals surface area contributed by atoms with Crippen molar-refractivity contribution < 1.29 is 4.92 Å². The number of nitrogens with one attached hydrogen (secondary N) is 1. The summed E-state index contributed by atoms with van der Waals surface area (Å²) in [6, 6.07) is 7.05. The molecule has 21 heavy (non-hydrogen) atoms. The van der Waals surface area contributed by atoms with E-state index in [-0.39, 0.29) is 16.7 Å². The van der Waals surface area contributed by atoms with Gasteiger partial charge in [-0.2, -0.15) is 5.10 Å². The van der Waals surface area contributed by atoms with Crippen molar-refractivity contribution in [3.63, 3.8) is 0 Å². The van der Waals surface area contributed by atoms with Crippen molar-refractivity contribution in [2.45, 2.75) is 40.3 Å². The van der Waals surface area contributed by atoms with Crippen LogP contribution in [-0.2, 0) is 6.54 Å². The van der Waals surface area contributed by atoms with E-state index in [1.807, 2.05) is 18.5 Å². The van der Waals surface area contributed by atoms with Gasteiger partial charge in [0.15, 0.2) is 0 Å². The number of hydrogen-bond donors (Lipinski definition) is 1. The van der Waals surface area contributed by atoms with Crippen molar-refractivity contribution >= 4 is 11.4 Å². The molecule has 0 aliphatic carbocycles. The standard InChI is InChI=1S/C15H20N4O2/c1-10(2)18-12(4)15(11(3)17-18)16-9-13-7-5-6-8-14(13)19(20)21/h5-8,10,16H,9H2,1-4H3. The van der Waals surface area contributed by atoms with Gasteiger partial charge < -0.3 is 5.32 Å². The van der Waals surface area contributed by atoms with Gasteiger partial charge in [-0.3, -0.25) is 14.8 Å². The van der Waals surface area contributed by atoms with Crippen LogP contribution in [0.5, 0.6) is 0 Å². The molecule has 6 nitrogen and oxygen atoms in total. The van der Waals surface area contributed by atoms with Crippen LogP contribution in [0.2, 0.25) is 0 Å². The quantitative estimate of drug-likeness (QED) is 0.674. The molecule has 0 aliphatic heterocycles. The SMILES string of the molecule is Cc1nn(C(C)C)c(C)c1NCc1ccccc1[N+](=O)[O-]. The molecule has 0 spiro atoms. The Kier molecular flexibility index (Phi) is 4.26. The molecular formula is C15H20N4O2. The van der Waals surface area contributed by atoms with E-state index in [4.69, 9.17) is 0 Å². The summed E-state index contributed by atoms with van der Waals surface area (Å²) in [6.07, 6.45) is 0. The Morgan fingerprint density at radius 1 is 1.33 bits per heavy atom. The average Bonchev–Trinajstić information content (AvgIpc) is 2.72. The number of nitrogens with zero attached hydrogens (tertiary/aromatic N) is 3. The molecule has 0 saturated heterocycles. The number of benzene rings is 1. The maximum atomic E-state index is 11.0. The maximum absolute atomic E-state index is 11.0. The predicted molar refractivity (Wildman–Crippen MR) is 82.5 cm³/mol. The van der Waals surface area contributed by atoms with Crippen molar-refractivity contribution in [1.82, 2.24) is 9.78 Å². The summed E-state index contributed by atoms with van der Waals surface area (Å²) in [7, 11) is 0. The first-order chi connectivity index (χ1) is 9.91. The van der Waals surface area contributed by atoms with Gasteiger partial charge in [0.1, 0.15) is 0 Å². The van der Waals surface area contributed by atoms with Crippen molar-refractivity contribution in [3.05, 3.63) is 51.3 Å². The van der Waals surface area contributed by atoms with E-state index in [2.05, 4.69) is 24.3 Å². The molecule has 112 valence electrons. The molecule has 2 rings (SSSR count). The number of nitro benzene ring substituents is 1.